The molecule has 1 aromatic carbocycles. The van der Waals surface area contributed by atoms with Crippen LogP contribution in [-0.2, 0) is 10.2 Å². The third-order valence-electron chi connectivity index (χ3n) is 5.14. The maximum Gasteiger partial charge on any atom is 0.222 e. The molecule has 1 saturated carbocycles. The van der Waals surface area contributed by atoms with Crippen LogP contribution in [0.4, 0.5) is 4.39 Å². The minimum atomic E-state index is -0.265. The lowest BCUT2D eigenvalue weighted by atomic mass is 9.78. The fourth-order valence-corrected chi connectivity index (χ4v) is 3.73. The number of aromatic nitrogens is 2. The predicted molar refractivity (Wildman–Crippen MR) is 91.1 cm³/mol. The molecule has 3 rings (SSSR count). The quantitative estimate of drug-likeness (QED) is 0.880. The van der Waals surface area contributed by atoms with Crippen molar-refractivity contribution in [1.29, 1.82) is 0 Å². The van der Waals surface area contributed by atoms with Crippen molar-refractivity contribution < 1.29 is 9.18 Å². The lowest BCUT2D eigenvalue weighted by Crippen LogP contribution is -2.40. The zero-order valence-electron chi connectivity index (χ0n) is 14.0. The molecule has 1 heterocycles. The highest BCUT2D eigenvalue weighted by Gasteiger charge is 2.37. The number of nitrogens with zero attached hydrogens (tertiary/aromatic N) is 2. The van der Waals surface area contributed by atoms with Gasteiger partial charge in [0.05, 0.1) is 6.33 Å². The second-order valence-electron chi connectivity index (χ2n) is 6.81. The molecule has 5 heteroatoms. The van der Waals surface area contributed by atoms with E-state index in [0.29, 0.717) is 13.0 Å². The monoisotopic (exact) mass is 329 g/mol. The molecule has 1 aliphatic rings. The molecular weight excluding hydrogens is 305 g/mol. The Bertz CT molecular complexity index is 678. The third kappa shape index (κ3) is 3.50. The number of halogens is 1. The molecule has 2 aromatic rings. The first kappa shape index (κ1) is 16.7. The lowest BCUT2D eigenvalue weighted by Gasteiger charge is -2.30. The molecule has 0 unspecified atom stereocenters. The number of benzene rings is 1. The molecule has 0 aliphatic heterocycles. The van der Waals surface area contributed by atoms with Crippen molar-refractivity contribution in [3.05, 3.63) is 54.4 Å². The number of rotatable bonds is 6. The number of imidazole rings is 1. The lowest BCUT2D eigenvalue weighted by molar-refractivity contribution is -0.122. The molecule has 0 bridgehead atoms. The van der Waals surface area contributed by atoms with Gasteiger partial charge in [-0.25, -0.2) is 9.37 Å². The summed E-state index contributed by atoms with van der Waals surface area (Å²) < 4.78 is 16.2. The molecule has 1 fully saturated rings. The largest absolute Gasteiger partial charge is 0.355 e. The topological polar surface area (TPSA) is 46.9 Å². The van der Waals surface area contributed by atoms with E-state index in [4.69, 9.17) is 0 Å². The first-order chi connectivity index (χ1) is 11.6. The molecule has 1 aromatic heterocycles. The molecule has 1 N–H and O–H groups in total. The van der Waals surface area contributed by atoms with E-state index in [0.717, 1.165) is 31.2 Å². The highest BCUT2D eigenvalue weighted by atomic mass is 19.1. The van der Waals surface area contributed by atoms with Crippen molar-refractivity contribution in [2.75, 3.05) is 6.54 Å². The Morgan fingerprint density at radius 1 is 1.38 bits per heavy atom. The van der Waals surface area contributed by atoms with Crippen molar-refractivity contribution in [1.82, 2.24) is 14.9 Å². The number of hydrogen-bond acceptors (Lipinski definition) is 2. The van der Waals surface area contributed by atoms with Crippen LogP contribution in [0.1, 0.15) is 50.6 Å². The molecule has 128 valence electrons. The van der Waals surface area contributed by atoms with Crippen molar-refractivity contribution in [3.8, 4) is 0 Å². The van der Waals surface area contributed by atoms with Crippen molar-refractivity contribution in [3.63, 3.8) is 0 Å². The van der Waals surface area contributed by atoms with Gasteiger partial charge >= 0.3 is 0 Å². The van der Waals surface area contributed by atoms with Gasteiger partial charge in [0.2, 0.25) is 5.91 Å². The van der Waals surface area contributed by atoms with Gasteiger partial charge in [-0.05, 0) is 31.4 Å². The van der Waals surface area contributed by atoms with E-state index in [1.165, 1.54) is 6.07 Å². The van der Waals surface area contributed by atoms with E-state index in [9.17, 15) is 9.18 Å². The number of amides is 1. The Morgan fingerprint density at radius 3 is 2.79 bits per heavy atom. The van der Waals surface area contributed by atoms with Gasteiger partial charge in [-0.2, -0.15) is 0 Å². The van der Waals surface area contributed by atoms with Crippen molar-refractivity contribution >= 4 is 5.91 Å². The SMILES string of the molecule is C[C@@H](CC(=O)NCC1(c2ccccc2F)CCCC1)n1ccnc1. The van der Waals surface area contributed by atoms with E-state index in [1.54, 1.807) is 18.6 Å². The Kier molecular flexibility index (Phi) is 4.97. The summed E-state index contributed by atoms with van der Waals surface area (Å²) in [5.41, 5.74) is 0.477. The Balaban J connectivity index is 1.65. The first-order valence-electron chi connectivity index (χ1n) is 8.60. The number of hydrogen-bond donors (Lipinski definition) is 1. The van der Waals surface area contributed by atoms with Crippen LogP contribution < -0.4 is 5.32 Å². The zero-order valence-corrected chi connectivity index (χ0v) is 14.0. The van der Waals surface area contributed by atoms with E-state index in [2.05, 4.69) is 10.3 Å². The fourth-order valence-electron chi connectivity index (χ4n) is 3.73. The van der Waals surface area contributed by atoms with Crippen molar-refractivity contribution in [2.45, 2.75) is 50.5 Å². The van der Waals surface area contributed by atoms with Crippen molar-refractivity contribution in [2.24, 2.45) is 0 Å². The van der Waals surface area contributed by atoms with Crippen LogP contribution in [0.3, 0.4) is 0 Å². The van der Waals surface area contributed by atoms with Gasteiger partial charge in [-0.3, -0.25) is 4.79 Å². The van der Waals surface area contributed by atoms with Crippen LogP contribution in [0.2, 0.25) is 0 Å². The number of carbonyl (C=O) groups is 1. The highest BCUT2D eigenvalue weighted by molar-refractivity contribution is 5.76. The van der Waals surface area contributed by atoms with Gasteiger partial charge in [-0.1, -0.05) is 31.0 Å². The maximum absolute atomic E-state index is 14.3. The molecule has 4 nitrogen and oxygen atoms in total. The summed E-state index contributed by atoms with van der Waals surface area (Å²) in [6.45, 7) is 2.49. The molecule has 0 saturated heterocycles. The van der Waals surface area contributed by atoms with Gasteiger partial charge in [0, 0.05) is 36.8 Å². The average Bonchev–Trinajstić information content (AvgIpc) is 3.26. The summed E-state index contributed by atoms with van der Waals surface area (Å²) in [5.74, 6) is -0.167. The summed E-state index contributed by atoms with van der Waals surface area (Å²) in [5, 5.41) is 3.04. The van der Waals surface area contributed by atoms with Crippen LogP contribution in [0.5, 0.6) is 0 Å². The zero-order chi connectivity index (χ0) is 17.0. The molecule has 24 heavy (non-hydrogen) atoms. The van der Waals surface area contributed by atoms with Crippen LogP contribution in [-0.4, -0.2) is 22.0 Å². The molecule has 1 aliphatic carbocycles. The maximum atomic E-state index is 14.3. The van der Waals surface area contributed by atoms with E-state index < -0.39 is 0 Å². The van der Waals surface area contributed by atoms with Gasteiger partial charge in [0.1, 0.15) is 5.82 Å². The molecule has 1 atom stereocenters. The molecule has 1 amide bonds. The highest BCUT2D eigenvalue weighted by Crippen LogP contribution is 2.41. The normalized spacial score (nSPS) is 17.6. The molecule has 0 radical (unpaired) electrons. The van der Waals surface area contributed by atoms with Gasteiger partial charge < -0.3 is 9.88 Å². The Morgan fingerprint density at radius 2 is 2.12 bits per heavy atom. The van der Waals surface area contributed by atoms with Crippen LogP contribution >= 0.6 is 0 Å². The van der Waals surface area contributed by atoms with E-state index in [1.807, 2.05) is 29.8 Å². The standard InChI is InChI=1S/C19H24FN3O/c1-15(23-11-10-21-14-23)12-18(24)22-13-19(8-4-5-9-19)16-6-2-3-7-17(16)20/h2-3,6-7,10-11,14-15H,4-5,8-9,12-13H2,1H3,(H,22,24)/t15-/m0/s1. The number of carbonyl (C=O) groups excluding carboxylic acids is 1. The van der Waals surface area contributed by atoms with Gasteiger partial charge in [-0.15, -0.1) is 0 Å². The number of nitrogens with one attached hydrogen (secondary N) is 1. The Hall–Kier alpha value is -2.17. The Labute approximate surface area is 142 Å². The average molecular weight is 329 g/mol. The predicted octanol–water partition coefficient (Wildman–Crippen LogP) is 3.60. The van der Waals surface area contributed by atoms with Gasteiger partial charge in [0.15, 0.2) is 0 Å². The second kappa shape index (κ2) is 7.16. The van der Waals surface area contributed by atoms with Gasteiger partial charge in [0.25, 0.3) is 0 Å². The summed E-state index contributed by atoms with van der Waals surface area (Å²) in [7, 11) is 0. The second-order valence-corrected chi connectivity index (χ2v) is 6.81. The first-order valence-corrected chi connectivity index (χ1v) is 8.60. The fraction of sp³-hybridized carbons (Fsp3) is 0.474. The van der Waals surface area contributed by atoms with Crippen LogP contribution in [0, 0.1) is 5.82 Å². The third-order valence-corrected chi connectivity index (χ3v) is 5.14. The molecular formula is C19H24FN3O. The van der Waals surface area contributed by atoms with Crippen LogP contribution in [0.25, 0.3) is 0 Å². The summed E-state index contributed by atoms with van der Waals surface area (Å²) in [6.07, 6.45) is 9.68. The van der Waals surface area contributed by atoms with E-state index in [-0.39, 0.29) is 23.2 Å². The minimum Gasteiger partial charge on any atom is -0.355 e. The summed E-state index contributed by atoms with van der Waals surface area (Å²) in [4.78, 5) is 16.3. The van der Waals surface area contributed by atoms with E-state index >= 15 is 0 Å². The minimum absolute atomic E-state index is 0.00110. The smallest absolute Gasteiger partial charge is 0.222 e. The van der Waals surface area contributed by atoms with Crippen LogP contribution in [0.15, 0.2) is 43.0 Å². The summed E-state index contributed by atoms with van der Waals surface area (Å²) in [6, 6.07) is 7.02. The molecule has 0 spiro atoms. The summed E-state index contributed by atoms with van der Waals surface area (Å²) >= 11 is 0.